The summed E-state index contributed by atoms with van der Waals surface area (Å²) in [6.45, 7) is 3.65. The fourth-order valence-electron chi connectivity index (χ4n) is 9.12. The number of ether oxygens (including phenoxy) is 6. The second kappa shape index (κ2) is 45.4. The number of aliphatic hydroxyl groups excluding tert-OH is 7. The van der Waals surface area contributed by atoms with Crippen LogP contribution < -0.4 is 0 Å². The number of esters is 1. The Kier molecular flexibility index (Phi) is 41.8. The van der Waals surface area contributed by atoms with Crippen molar-refractivity contribution in [3.05, 3.63) is 36.5 Å². The molecule has 0 aliphatic carbocycles. The lowest BCUT2D eigenvalue weighted by atomic mass is 9.98. The number of unbranched alkanes of at least 4 members (excludes halogenated alkanes) is 27. The first-order chi connectivity index (χ1) is 35.1. The summed E-state index contributed by atoms with van der Waals surface area (Å²) in [5.74, 6) is -0.388. The number of aliphatic hydroxyl groups is 7. The van der Waals surface area contributed by atoms with Crippen molar-refractivity contribution in [1.82, 2.24) is 0 Å². The molecule has 0 aromatic heterocycles. The molecule has 0 aromatic rings. The number of hydrogen-bond donors (Lipinski definition) is 7. The topological polar surface area (TPSA) is 214 Å². The smallest absolute Gasteiger partial charge is 0.306 e. The first-order valence-electron chi connectivity index (χ1n) is 29.1. The molecule has 0 radical (unpaired) electrons. The minimum atomic E-state index is -1.71. The average Bonchev–Trinajstić information content (AvgIpc) is 3.38. The minimum absolute atomic E-state index is 0.0570. The zero-order chi connectivity index (χ0) is 52.3. The van der Waals surface area contributed by atoms with Crippen LogP contribution in [0.2, 0.25) is 0 Å². The molecule has 2 aliphatic heterocycles. The normalized spacial score (nSPS) is 25.3. The number of hydrogen-bond acceptors (Lipinski definition) is 14. The quantitative estimate of drug-likeness (QED) is 0.0172. The predicted octanol–water partition coefficient (Wildman–Crippen LogP) is 10.1. The number of rotatable bonds is 47. The summed E-state index contributed by atoms with van der Waals surface area (Å²) in [5.41, 5.74) is 0. The molecule has 14 nitrogen and oxygen atoms in total. The predicted molar refractivity (Wildman–Crippen MR) is 284 cm³/mol. The van der Waals surface area contributed by atoms with E-state index in [2.05, 4.69) is 50.3 Å². The van der Waals surface area contributed by atoms with Crippen molar-refractivity contribution in [1.29, 1.82) is 0 Å². The molecule has 0 bridgehead atoms. The Balaban J connectivity index is 1.69. The third-order valence-electron chi connectivity index (χ3n) is 13.9. The van der Waals surface area contributed by atoms with Crippen molar-refractivity contribution < 1.29 is 69.0 Å². The Morgan fingerprint density at radius 2 is 0.875 bits per heavy atom. The lowest BCUT2D eigenvalue weighted by molar-refractivity contribution is -0.332. The maximum Gasteiger partial charge on any atom is 0.306 e. The summed E-state index contributed by atoms with van der Waals surface area (Å²) in [4.78, 5) is 13.0. The van der Waals surface area contributed by atoms with Crippen molar-refractivity contribution in [2.24, 2.45) is 0 Å². The molecule has 11 atom stereocenters. The summed E-state index contributed by atoms with van der Waals surface area (Å²) in [7, 11) is 0. The standard InChI is InChI=1S/C58H106O14/c1-3-5-7-9-11-13-15-17-19-20-21-22-23-24-25-26-27-28-30-32-34-36-38-40-42-67-44-47(70-50(60)41-39-37-35-33-31-29-18-16-14-12-10-8-6-4-2)45-68-57-56(66)54(64)52(62)49(72-57)46-69-58-55(65)53(63)51(61)48(43-59)71-58/h10,12,16,18,20-21,47-49,51-59,61-66H,3-9,11,13-15,17,19,22-46H2,1-2H3/b12-10-,18-16-,21-20-. The largest absolute Gasteiger partial charge is 0.457 e. The zero-order valence-electron chi connectivity index (χ0n) is 45.2. The maximum absolute atomic E-state index is 13.0. The Hall–Kier alpha value is -1.79. The Morgan fingerprint density at radius 3 is 1.39 bits per heavy atom. The van der Waals surface area contributed by atoms with Gasteiger partial charge in [-0.3, -0.25) is 4.79 Å². The van der Waals surface area contributed by atoms with Gasteiger partial charge in [-0.25, -0.2) is 0 Å². The first-order valence-corrected chi connectivity index (χ1v) is 29.1. The monoisotopic (exact) mass is 1030 g/mol. The van der Waals surface area contributed by atoms with Gasteiger partial charge in [0.25, 0.3) is 0 Å². The van der Waals surface area contributed by atoms with E-state index >= 15 is 0 Å². The van der Waals surface area contributed by atoms with Crippen LogP contribution in [0.5, 0.6) is 0 Å². The van der Waals surface area contributed by atoms with Crippen LogP contribution in [0.25, 0.3) is 0 Å². The molecule has 422 valence electrons. The number of carbonyl (C=O) groups is 1. The lowest BCUT2D eigenvalue weighted by Gasteiger charge is -2.42. The van der Waals surface area contributed by atoms with Crippen LogP contribution in [0.1, 0.15) is 226 Å². The molecule has 0 amide bonds. The van der Waals surface area contributed by atoms with Crippen LogP contribution >= 0.6 is 0 Å². The summed E-state index contributed by atoms with van der Waals surface area (Å²) < 4.78 is 34.4. The summed E-state index contributed by atoms with van der Waals surface area (Å²) in [5, 5.41) is 72.3. The van der Waals surface area contributed by atoms with Gasteiger partial charge in [-0.2, -0.15) is 0 Å². The summed E-state index contributed by atoms with van der Waals surface area (Å²) >= 11 is 0. The van der Waals surface area contributed by atoms with Gasteiger partial charge < -0.3 is 64.2 Å². The van der Waals surface area contributed by atoms with Gasteiger partial charge in [0.15, 0.2) is 12.6 Å². The van der Waals surface area contributed by atoms with Gasteiger partial charge >= 0.3 is 5.97 Å². The zero-order valence-corrected chi connectivity index (χ0v) is 45.2. The maximum atomic E-state index is 13.0. The molecule has 0 aromatic carbocycles. The van der Waals surface area contributed by atoms with E-state index in [0.717, 1.165) is 64.2 Å². The molecule has 7 N–H and O–H groups in total. The Morgan fingerprint density at radius 1 is 0.458 bits per heavy atom. The molecular formula is C58H106O14. The molecule has 72 heavy (non-hydrogen) atoms. The third-order valence-corrected chi connectivity index (χ3v) is 13.9. The number of carbonyl (C=O) groups excluding carboxylic acids is 1. The van der Waals surface area contributed by atoms with Gasteiger partial charge in [-0.05, 0) is 64.2 Å². The molecule has 0 saturated carbocycles. The molecule has 14 heteroatoms. The van der Waals surface area contributed by atoms with E-state index in [4.69, 9.17) is 28.4 Å². The SMILES string of the molecule is CCCC/C=C\C/C=C\CCCCCCCC(=O)OC(COCCCCCCCCCCCCCC/C=C\CCCCCCCCCC)COC1OC(COC2OC(CO)C(O)C(O)C2O)C(O)C(O)C1O. The van der Waals surface area contributed by atoms with Gasteiger partial charge in [-0.1, -0.05) is 192 Å². The van der Waals surface area contributed by atoms with E-state index in [1.807, 2.05) is 0 Å². The van der Waals surface area contributed by atoms with E-state index in [9.17, 15) is 40.5 Å². The van der Waals surface area contributed by atoms with Crippen LogP contribution in [0.3, 0.4) is 0 Å². The highest BCUT2D eigenvalue weighted by Crippen LogP contribution is 2.27. The van der Waals surface area contributed by atoms with Crippen LogP contribution in [0.4, 0.5) is 0 Å². The highest BCUT2D eigenvalue weighted by molar-refractivity contribution is 5.69. The summed E-state index contributed by atoms with van der Waals surface area (Å²) in [6, 6.07) is 0. The van der Waals surface area contributed by atoms with Gasteiger partial charge in [0, 0.05) is 13.0 Å². The first kappa shape index (κ1) is 66.3. The van der Waals surface area contributed by atoms with Gasteiger partial charge in [0.05, 0.1) is 26.4 Å². The third kappa shape index (κ3) is 31.9. The molecule has 11 unspecified atom stereocenters. The van der Waals surface area contributed by atoms with Gasteiger partial charge in [0.1, 0.15) is 54.9 Å². The minimum Gasteiger partial charge on any atom is -0.457 e. The van der Waals surface area contributed by atoms with Crippen molar-refractivity contribution >= 4 is 5.97 Å². The van der Waals surface area contributed by atoms with E-state index in [-0.39, 0.29) is 25.6 Å². The lowest BCUT2D eigenvalue weighted by Crippen LogP contribution is -2.61. The highest BCUT2D eigenvalue weighted by Gasteiger charge is 2.47. The van der Waals surface area contributed by atoms with E-state index < -0.39 is 80.7 Å². The van der Waals surface area contributed by atoms with Crippen molar-refractivity contribution in [2.75, 3.05) is 33.0 Å². The average molecular weight is 1030 g/mol. The number of allylic oxidation sites excluding steroid dienone is 6. The van der Waals surface area contributed by atoms with Crippen LogP contribution in [0, 0.1) is 0 Å². The molecular weight excluding hydrogens is 921 g/mol. The molecule has 2 aliphatic rings. The van der Waals surface area contributed by atoms with Crippen molar-refractivity contribution in [2.45, 2.75) is 293 Å². The van der Waals surface area contributed by atoms with E-state index in [1.54, 1.807) is 0 Å². The summed E-state index contributed by atoms with van der Waals surface area (Å²) in [6.07, 6.45) is 36.4. The van der Waals surface area contributed by atoms with E-state index in [1.165, 1.54) is 135 Å². The second-order valence-electron chi connectivity index (χ2n) is 20.5. The van der Waals surface area contributed by atoms with Crippen molar-refractivity contribution in [3.63, 3.8) is 0 Å². The Labute approximate surface area is 436 Å². The van der Waals surface area contributed by atoms with Gasteiger partial charge in [-0.15, -0.1) is 0 Å². The Bertz CT molecular complexity index is 1330. The van der Waals surface area contributed by atoms with Crippen molar-refractivity contribution in [3.8, 4) is 0 Å². The highest BCUT2D eigenvalue weighted by atomic mass is 16.7. The van der Waals surface area contributed by atoms with Crippen LogP contribution in [-0.2, 0) is 33.2 Å². The molecule has 2 saturated heterocycles. The fraction of sp³-hybridized carbons (Fsp3) is 0.879. The van der Waals surface area contributed by atoms with E-state index in [0.29, 0.717) is 13.0 Å². The van der Waals surface area contributed by atoms with Gasteiger partial charge in [0.2, 0.25) is 0 Å². The molecule has 2 heterocycles. The second-order valence-corrected chi connectivity index (χ2v) is 20.5. The van der Waals surface area contributed by atoms with Crippen LogP contribution in [0.15, 0.2) is 36.5 Å². The van der Waals surface area contributed by atoms with Crippen LogP contribution in [-0.4, -0.2) is 142 Å². The molecule has 0 spiro atoms. The molecule has 2 rings (SSSR count). The fourth-order valence-corrected chi connectivity index (χ4v) is 9.12. The molecule has 2 fully saturated rings.